The first kappa shape index (κ1) is 10.3. The molecule has 0 N–H and O–H groups in total. The van der Waals surface area contributed by atoms with Crippen LogP contribution in [-0.4, -0.2) is 18.9 Å². The normalized spacial score (nSPS) is 30.4. The molecule has 1 aliphatic rings. The van der Waals surface area contributed by atoms with Crippen molar-refractivity contribution in [3.05, 3.63) is 23.3 Å². The average Bonchev–Trinajstić information content (AvgIpc) is 2.45. The van der Waals surface area contributed by atoms with Crippen LogP contribution in [0.3, 0.4) is 0 Å². The van der Waals surface area contributed by atoms with Crippen LogP contribution in [0, 0.1) is 0 Å². The van der Waals surface area contributed by atoms with E-state index in [1.54, 1.807) is 19.9 Å². The summed E-state index contributed by atoms with van der Waals surface area (Å²) in [5, 5.41) is 0. The molecule has 0 aromatic heterocycles. The second-order valence-electron chi connectivity index (χ2n) is 2.79. The van der Waals surface area contributed by atoms with Gasteiger partial charge >= 0.3 is 6.18 Å². The van der Waals surface area contributed by atoms with Gasteiger partial charge < -0.3 is 4.74 Å². The highest BCUT2D eigenvalue weighted by Crippen LogP contribution is 2.36. The van der Waals surface area contributed by atoms with Crippen LogP contribution in [0.4, 0.5) is 13.2 Å². The molecule has 1 fully saturated rings. The van der Waals surface area contributed by atoms with E-state index in [0.717, 1.165) is 0 Å². The molecule has 0 amide bonds. The van der Waals surface area contributed by atoms with Gasteiger partial charge in [0.1, 0.15) is 0 Å². The van der Waals surface area contributed by atoms with Gasteiger partial charge in [0, 0.05) is 0 Å². The monoisotopic (exact) mass is 192 g/mol. The van der Waals surface area contributed by atoms with Crippen LogP contribution in [0.15, 0.2) is 23.3 Å². The number of alkyl halides is 3. The molecule has 4 heteroatoms. The van der Waals surface area contributed by atoms with Gasteiger partial charge in [0.15, 0.2) is 6.10 Å². The fourth-order valence-corrected chi connectivity index (χ4v) is 1.37. The van der Waals surface area contributed by atoms with Crippen molar-refractivity contribution in [1.82, 2.24) is 0 Å². The minimum absolute atomic E-state index is 0.0559. The zero-order valence-corrected chi connectivity index (χ0v) is 7.48. The number of ether oxygens (including phenoxy) is 1. The summed E-state index contributed by atoms with van der Waals surface area (Å²) in [6.07, 6.45) is -2.92. The molecule has 13 heavy (non-hydrogen) atoms. The van der Waals surface area contributed by atoms with Gasteiger partial charge in [-0.3, -0.25) is 0 Å². The van der Waals surface area contributed by atoms with Gasteiger partial charge in [0.25, 0.3) is 0 Å². The minimum atomic E-state index is -4.30. The third-order valence-electron chi connectivity index (χ3n) is 2.02. The van der Waals surface area contributed by atoms with E-state index < -0.39 is 12.3 Å². The Balaban J connectivity index is 2.94. The number of hydrogen-bond acceptors (Lipinski definition) is 1. The summed E-state index contributed by atoms with van der Waals surface area (Å²) in [5.41, 5.74) is 0.875. The van der Waals surface area contributed by atoms with Gasteiger partial charge in [-0.05, 0) is 25.0 Å². The lowest BCUT2D eigenvalue weighted by Gasteiger charge is -2.14. The average molecular weight is 192 g/mol. The molecule has 1 unspecified atom stereocenters. The van der Waals surface area contributed by atoms with Gasteiger partial charge in [0.2, 0.25) is 0 Å². The first-order valence-corrected chi connectivity index (χ1v) is 4.00. The first-order chi connectivity index (χ1) is 6.00. The number of rotatable bonds is 0. The maximum atomic E-state index is 12.3. The van der Waals surface area contributed by atoms with Crippen molar-refractivity contribution < 1.29 is 17.9 Å². The van der Waals surface area contributed by atoms with E-state index in [1.165, 1.54) is 6.08 Å². The molecule has 1 heterocycles. The predicted molar refractivity (Wildman–Crippen MR) is 43.3 cm³/mol. The lowest BCUT2D eigenvalue weighted by molar-refractivity contribution is -0.196. The van der Waals surface area contributed by atoms with Crippen molar-refractivity contribution in [2.24, 2.45) is 0 Å². The summed E-state index contributed by atoms with van der Waals surface area (Å²) in [6, 6.07) is 0. The Hall–Kier alpha value is -0.770. The molecule has 0 bridgehead atoms. The fourth-order valence-electron chi connectivity index (χ4n) is 1.37. The Kier molecular flexibility index (Phi) is 2.81. The molecule has 1 aliphatic heterocycles. The van der Waals surface area contributed by atoms with E-state index in [1.807, 2.05) is 0 Å². The van der Waals surface area contributed by atoms with E-state index in [9.17, 15) is 13.2 Å². The van der Waals surface area contributed by atoms with Crippen LogP contribution in [0.25, 0.3) is 0 Å². The Morgan fingerprint density at radius 1 is 1.31 bits per heavy atom. The highest BCUT2D eigenvalue weighted by atomic mass is 19.4. The van der Waals surface area contributed by atoms with Crippen molar-refractivity contribution in [1.29, 1.82) is 0 Å². The van der Waals surface area contributed by atoms with Gasteiger partial charge in [0.05, 0.1) is 6.61 Å². The zero-order valence-electron chi connectivity index (χ0n) is 7.48. The molecular formula is C9H11F3O. The number of halogens is 3. The van der Waals surface area contributed by atoms with Crippen molar-refractivity contribution in [2.75, 3.05) is 6.61 Å². The highest BCUT2D eigenvalue weighted by Gasteiger charge is 2.46. The molecule has 1 saturated heterocycles. The maximum Gasteiger partial charge on any atom is 0.418 e. The second-order valence-corrected chi connectivity index (χ2v) is 2.79. The Morgan fingerprint density at radius 3 is 2.31 bits per heavy atom. The van der Waals surface area contributed by atoms with Gasteiger partial charge in [-0.1, -0.05) is 12.2 Å². The van der Waals surface area contributed by atoms with E-state index in [-0.39, 0.29) is 12.2 Å². The van der Waals surface area contributed by atoms with Crippen molar-refractivity contribution >= 4 is 0 Å². The van der Waals surface area contributed by atoms with Crippen LogP contribution in [0.1, 0.15) is 13.8 Å². The summed E-state index contributed by atoms with van der Waals surface area (Å²) in [5.74, 6) is 0. The molecule has 0 aromatic carbocycles. The quantitative estimate of drug-likeness (QED) is 0.573. The minimum Gasteiger partial charge on any atom is -0.359 e. The topological polar surface area (TPSA) is 9.23 Å². The van der Waals surface area contributed by atoms with E-state index in [4.69, 9.17) is 0 Å². The second kappa shape index (κ2) is 3.54. The Bertz CT molecular complexity index is 250. The van der Waals surface area contributed by atoms with Crippen molar-refractivity contribution in [3.63, 3.8) is 0 Å². The van der Waals surface area contributed by atoms with Crippen molar-refractivity contribution in [2.45, 2.75) is 26.1 Å². The molecule has 0 saturated carbocycles. The lowest BCUT2D eigenvalue weighted by Crippen LogP contribution is -2.29. The molecule has 1 rings (SSSR count). The van der Waals surface area contributed by atoms with E-state index in [0.29, 0.717) is 5.57 Å². The summed E-state index contributed by atoms with van der Waals surface area (Å²) in [6.45, 7) is 3.35. The zero-order chi connectivity index (χ0) is 10.1. The third-order valence-corrected chi connectivity index (χ3v) is 2.02. The van der Waals surface area contributed by atoms with E-state index in [2.05, 4.69) is 4.74 Å². The largest absolute Gasteiger partial charge is 0.418 e. The summed E-state index contributed by atoms with van der Waals surface area (Å²) in [7, 11) is 0. The van der Waals surface area contributed by atoms with Gasteiger partial charge in [-0.15, -0.1) is 0 Å². The summed E-state index contributed by atoms with van der Waals surface area (Å²) >= 11 is 0. The Morgan fingerprint density at radius 2 is 1.92 bits per heavy atom. The van der Waals surface area contributed by atoms with Gasteiger partial charge in [-0.2, -0.15) is 13.2 Å². The molecule has 0 spiro atoms. The van der Waals surface area contributed by atoms with Crippen LogP contribution in [0.5, 0.6) is 0 Å². The number of allylic oxidation sites excluding steroid dienone is 2. The molecule has 0 radical (unpaired) electrons. The van der Waals surface area contributed by atoms with Crippen LogP contribution in [0.2, 0.25) is 0 Å². The van der Waals surface area contributed by atoms with Gasteiger partial charge in [-0.25, -0.2) is 0 Å². The number of hydrogen-bond donors (Lipinski definition) is 0. The summed E-state index contributed by atoms with van der Waals surface area (Å²) < 4.78 is 41.6. The Labute approximate surface area is 74.9 Å². The molecule has 0 aliphatic carbocycles. The van der Waals surface area contributed by atoms with Crippen molar-refractivity contribution in [3.8, 4) is 0 Å². The van der Waals surface area contributed by atoms with Crippen LogP contribution >= 0.6 is 0 Å². The van der Waals surface area contributed by atoms with E-state index >= 15 is 0 Å². The highest BCUT2D eigenvalue weighted by molar-refractivity contribution is 5.38. The summed E-state index contributed by atoms with van der Waals surface area (Å²) in [4.78, 5) is 0. The smallest absolute Gasteiger partial charge is 0.359 e. The molecule has 0 aromatic rings. The predicted octanol–water partition coefficient (Wildman–Crippen LogP) is 2.84. The SMILES string of the molecule is CC=C1COC(C(F)(F)F)C1=CC. The first-order valence-electron chi connectivity index (χ1n) is 4.00. The fraction of sp³-hybridized carbons (Fsp3) is 0.556. The molecule has 74 valence electrons. The molecule has 1 nitrogen and oxygen atoms in total. The molecule has 1 atom stereocenters. The third kappa shape index (κ3) is 1.94. The standard InChI is InChI=1S/C9H11F3O/c1-3-6-5-13-8(7(6)4-2)9(10,11)12/h3-4,8H,5H2,1-2H3. The maximum absolute atomic E-state index is 12.3. The lowest BCUT2D eigenvalue weighted by atomic mass is 10.0. The molecular weight excluding hydrogens is 181 g/mol. The van der Waals surface area contributed by atoms with Crippen LogP contribution in [-0.2, 0) is 4.74 Å². The van der Waals surface area contributed by atoms with Crippen LogP contribution < -0.4 is 0 Å².